The summed E-state index contributed by atoms with van der Waals surface area (Å²) < 4.78 is 28.2. The Morgan fingerprint density at radius 1 is 1.04 bits per heavy atom. The second kappa shape index (κ2) is 6.16. The maximum Gasteiger partial charge on any atom is 0.280 e. The van der Waals surface area contributed by atoms with Gasteiger partial charge in [0.1, 0.15) is 17.4 Å². The summed E-state index contributed by atoms with van der Waals surface area (Å²) in [5.74, 6) is -2.74. The monoisotopic (exact) mass is 342 g/mol. The smallest absolute Gasteiger partial charge is 0.280 e. The lowest BCUT2D eigenvalue weighted by Gasteiger charge is -2.09. The number of phenols is 1. The Bertz CT molecular complexity index is 1030. The number of rotatable bonds is 2. The third kappa shape index (κ3) is 3.09. The molecule has 0 atom stereocenters. The number of aromatic nitrogens is 1. The molecule has 2 aromatic carbocycles. The van der Waals surface area contributed by atoms with E-state index in [1.807, 2.05) is 0 Å². The number of carbonyl (C=O) groups excluding carboxylic acids is 1. The molecule has 3 aromatic rings. The topological polar surface area (TPSA) is 115 Å². The summed E-state index contributed by atoms with van der Waals surface area (Å²) in [6, 6.07) is 7.57. The van der Waals surface area contributed by atoms with Crippen LogP contribution in [0.15, 0.2) is 47.6 Å². The molecule has 0 saturated heterocycles. The molecule has 126 valence electrons. The predicted octanol–water partition coefficient (Wildman–Crippen LogP) is 2.30. The Balaban J connectivity index is 2.27. The number of nitrogens with two attached hydrogens (primary N) is 2. The van der Waals surface area contributed by atoms with Crippen LogP contribution in [-0.2, 0) is 0 Å². The number of halogens is 2. The minimum absolute atomic E-state index is 0.0502. The Morgan fingerprint density at radius 2 is 1.80 bits per heavy atom. The molecule has 1 heterocycles. The molecule has 0 unspecified atom stereocenters. The average molecular weight is 342 g/mol. The molecule has 25 heavy (non-hydrogen) atoms. The maximum absolute atomic E-state index is 14.2. The van der Waals surface area contributed by atoms with E-state index in [0.29, 0.717) is 0 Å². The molecule has 3 rings (SSSR count). The van der Waals surface area contributed by atoms with E-state index >= 15 is 0 Å². The molecule has 1 amide bonds. The van der Waals surface area contributed by atoms with Crippen molar-refractivity contribution in [1.82, 2.24) is 4.98 Å². The number of amides is 1. The van der Waals surface area contributed by atoms with E-state index in [9.17, 15) is 18.7 Å². The van der Waals surface area contributed by atoms with Gasteiger partial charge in [-0.2, -0.15) is 4.99 Å². The molecule has 6 nitrogen and oxygen atoms in total. The highest BCUT2D eigenvalue weighted by atomic mass is 19.1. The normalized spacial score (nSPS) is 10.6. The molecule has 5 N–H and O–H groups in total. The van der Waals surface area contributed by atoms with E-state index in [0.717, 1.165) is 12.3 Å². The van der Waals surface area contributed by atoms with Crippen LogP contribution in [0.25, 0.3) is 22.0 Å². The second-order valence-corrected chi connectivity index (χ2v) is 5.22. The molecule has 1 aromatic heterocycles. The van der Waals surface area contributed by atoms with E-state index in [1.54, 1.807) is 0 Å². The minimum atomic E-state index is -0.735. The summed E-state index contributed by atoms with van der Waals surface area (Å²) in [5.41, 5.74) is 10.6. The summed E-state index contributed by atoms with van der Waals surface area (Å²) in [6.45, 7) is 0. The first kappa shape index (κ1) is 16.3. The largest absolute Gasteiger partial charge is 0.508 e. The number of carbonyl (C=O) groups is 1. The Morgan fingerprint density at radius 3 is 2.48 bits per heavy atom. The van der Waals surface area contributed by atoms with Crippen LogP contribution in [0.2, 0.25) is 0 Å². The Kier molecular flexibility index (Phi) is 4.02. The number of benzene rings is 2. The summed E-state index contributed by atoms with van der Waals surface area (Å²) in [6.07, 6.45) is 0.960. The lowest BCUT2D eigenvalue weighted by molar-refractivity contribution is 0.100. The number of hydrogen-bond acceptors (Lipinski definition) is 3. The zero-order valence-electron chi connectivity index (χ0n) is 12.7. The van der Waals surface area contributed by atoms with E-state index in [-0.39, 0.29) is 33.3 Å². The molecule has 0 aliphatic rings. The fourth-order valence-electron chi connectivity index (χ4n) is 2.43. The van der Waals surface area contributed by atoms with Crippen LogP contribution in [0.3, 0.4) is 0 Å². The van der Waals surface area contributed by atoms with Crippen LogP contribution >= 0.6 is 0 Å². The molecule has 0 saturated carbocycles. The second-order valence-electron chi connectivity index (χ2n) is 5.22. The van der Waals surface area contributed by atoms with Gasteiger partial charge in [-0.25, -0.2) is 8.78 Å². The Hall–Kier alpha value is -3.55. The summed E-state index contributed by atoms with van der Waals surface area (Å²) in [4.78, 5) is 19.3. The van der Waals surface area contributed by atoms with Gasteiger partial charge in [0.2, 0.25) is 0 Å². The van der Waals surface area contributed by atoms with Gasteiger partial charge in [0.25, 0.3) is 5.91 Å². The van der Waals surface area contributed by atoms with Gasteiger partial charge in [0, 0.05) is 28.0 Å². The van der Waals surface area contributed by atoms with Crippen LogP contribution in [0.4, 0.5) is 8.78 Å². The first-order chi connectivity index (χ1) is 11.9. The van der Waals surface area contributed by atoms with Gasteiger partial charge in [0.15, 0.2) is 5.96 Å². The molecule has 8 heteroatoms. The van der Waals surface area contributed by atoms with Gasteiger partial charge in [-0.1, -0.05) is 6.07 Å². The van der Waals surface area contributed by atoms with Crippen molar-refractivity contribution in [2.45, 2.75) is 0 Å². The molecule has 0 bridgehead atoms. The van der Waals surface area contributed by atoms with Crippen molar-refractivity contribution < 1.29 is 18.7 Å². The van der Waals surface area contributed by atoms with Crippen molar-refractivity contribution in [1.29, 1.82) is 0 Å². The summed E-state index contributed by atoms with van der Waals surface area (Å²) in [7, 11) is 0. The number of guanidine groups is 1. The zero-order valence-corrected chi connectivity index (χ0v) is 12.7. The van der Waals surface area contributed by atoms with Gasteiger partial charge in [0.05, 0.1) is 11.9 Å². The predicted molar refractivity (Wildman–Crippen MR) is 88.9 cm³/mol. The fraction of sp³-hybridized carbons (Fsp3) is 0. The number of fused-ring (bicyclic) bond motifs is 1. The molecule has 0 spiro atoms. The highest BCUT2D eigenvalue weighted by Crippen LogP contribution is 2.32. The highest BCUT2D eigenvalue weighted by Gasteiger charge is 2.16. The maximum atomic E-state index is 14.2. The average Bonchev–Trinajstić information content (AvgIpc) is 2.55. The van der Waals surface area contributed by atoms with Crippen LogP contribution < -0.4 is 11.5 Å². The van der Waals surface area contributed by atoms with Crippen molar-refractivity contribution in [2.75, 3.05) is 0 Å². The summed E-state index contributed by atoms with van der Waals surface area (Å²) >= 11 is 0. The van der Waals surface area contributed by atoms with E-state index < -0.39 is 23.5 Å². The van der Waals surface area contributed by atoms with Gasteiger partial charge in [-0.3, -0.25) is 9.78 Å². The van der Waals surface area contributed by atoms with Crippen LogP contribution in [0.5, 0.6) is 5.75 Å². The third-order valence-corrected chi connectivity index (χ3v) is 3.52. The third-order valence-electron chi connectivity index (χ3n) is 3.52. The Labute approximate surface area is 140 Å². The van der Waals surface area contributed by atoms with Gasteiger partial charge < -0.3 is 16.6 Å². The first-order valence-corrected chi connectivity index (χ1v) is 7.08. The van der Waals surface area contributed by atoms with E-state index in [1.165, 1.54) is 30.3 Å². The number of nitrogens with zero attached hydrogens (tertiary/aromatic N) is 2. The molecule has 0 aliphatic heterocycles. The van der Waals surface area contributed by atoms with Crippen molar-refractivity contribution in [3.05, 3.63) is 59.8 Å². The molecule has 0 fully saturated rings. The number of hydrogen-bond donors (Lipinski definition) is 3. The van der Waals surface area contributed by atoms with Crippen molar-refractivity contribution >= 4 is 22.6 Å². The minimum Gasteiger partial charge on any atom is -0.508 e. The molecular formula is C17H12F2N4O2. The van der Waals surface area contributed by atoms with Gasteiger partial charge >= 0.3 is 0 Å². The number of phenolic OH excluding ortho intramolecular Hbond substituents is 1. The van der Waals surface area contributed by atoms with Gasteiger partial charge in [-0.05, 0) is 24.3 Å². The van der Waals surface area contributed by atoms with Crippen LogP contribution in [-0.4, -0.2) is 22.0 Å². The van der Waals surface area contributed by atoms with Crippen molar-refractivity contribution in [3.8, 4) is 17.0 Å². The van der Waals surface area contributed by atoms with Crippen LogP contribution in [0, 0.1) is 11.6 Å². The lowest BCUT2D eigenvalue weighted by Crippen LogP contribution is -2.24. The van der Waals surface area contributed by atoms with Crippen molar-refractivity contribution in [2.24, 2.45) is 16.5 Å². The van der Waals surface area contributed by atoms with Crippen molar-refractivity contribution in [3.63, 3.8) is 0 Å². The van der Waals surface area contributed by atoms with Gasteiger partial charge in [-0.15, -0.1) is 0 Å². The molecule has 0 radical (unpaired) electrons. The molecule has 0 aliphatic carbocycles. The summed E-state index contributed by atoms with van der Waals surface area (Å²) in [5, 5.41) is 9.70. The SMILES string of the molecule is NC(N)=NC(=O)c1ccc2c(F)cnc(-c3ccc(O)cc3F)c2c1. The highest BCUT2D eigenvalue weighted by molar-refractivity contribution is 6.06. The quantitative estimate of drug-likeness (QED) is 0.488. The first-order valence-electron chi connectivity index (χ1n) is 7.08. The standard InChI is InChI=1S/C17H12F2N4O2/c18-13-6-9(24)2-4-11(13)15-12-5-8(16(25)23-17(20)21)1-3-10(12)14(19)7-22-15/h1-7,24H,(H4,20,21,23,25). The lowest BCUT2D eigenvalue weighted by atomic mass is 10.0. The molecular weight excluding hydrogens is 330 g/mol. The fourth-order valence-corrected chi connectivity index (χ4v) is 2.43. The number of aromatic hydroxyl groups is 1. The van der Waals surface area contributed by atoms with E-state index in [4.69, 9.17) is 11.5 Å². The number of aliphatic imine (C=N–C) groups is 1. The van der Waals surface area contributed by atoms with E-state index in [2.05, 4.69) is 9.98 Å². The zero-order chi connectivity index (χ0) is 18.1. The van der Waals surface area contributed by atoms with Crippen LogP contribution in [0.1, 0.15) is 10.4 Å². The number of pyridine rings is 1.